The predicted molar refractivity (Wildman–Crippen MR) is 99.0 cm³/mol. The fourth-order valence-corrected chi connectivity index (χ4v) is 3.69. The van der Waals surface area contributed by atoms with Gasteiger partial charge in [-0.25, -0.2) is 4.79 Å². The SMILES string of the molecule is O=C(O)C[C@@H](NC(=O)c1ccc(Cl)c(N2CCNC2=O)c1)c1cccs1. The molecule has 26 heavy (non-hydrogen) atoms. The first-order chi connectivity index (χ1) is 12.5. The molecule has 0 saturated carbocycles. The van der Waals surface area contributed by atoms with E-state index in [2.05, 4.69) is 10.6 Å². The van der Waals surface area contributed by atoms with Crippen molar-refractivity contribution in [2.45, 2.75) is 12.5 Å². The van der Waals surface area contributed by atoms with E-state index in [9.17, 15) is 14.4 Å². The highest BCUT2D eigenvalue weighted by molar-refractivity contribution is 7.10. The first-order valence-corrected chi connectivity index (χ1v) is 9.12. The molecule has 0 radical (unpaired) electrons. The molecule has 3 amide bonds. The summed E-state index contributed by atoms with van der Waals surface area (Å²) < 4.78 is 0. The van der Waals surface area contributed by atoms with Crippen LogP contribution in [-0.2, 0) is 4.79 Å². The Morgan fingerprint density at radius 2 is 2.19 bits per heavy atom. The van der Waals surface area contributed by atoms with E-state index in [1.54, 1.807) is 24.3 Å². The van der Waals surface area contributed by atoms with Crippen molar-refractivity contribution in [3.63, 3.8) is 0 Å². The number of carbonyl (C=O) groups is 3. The minimum absolute atomic E-state index is 0.221. The van der Waals surface area contributed by atoms with Gasteiger partial charge in [0.1, 0.15) is 0 Å². The summed E-state index contributed by atoms with van der Waals surface area (Å²) in [5.74, 6) is -1.43. The highest BCUT2D eigenvalue weighted by Crippen LogP contribution is 2.29. The Hall–Kier alpha value is -2.58. The lowest BCUT2D eigenvalue weighted by Crippen LogP contribution is -2.31. The zero-order valence-electron chi connectivity index (χ0n) is 13.6. The highest BCUT2D eigenvalue weighted by Gasteiger charge is 2.25. The molecule has 0 aliphatic carbocycles. The van der Waals surface area contributed by atoms with Crippen LogP contribution in [0.3, 0.4) is 0 Å². The molecule has 0 bridgehead atoms. The molecule has 136 valence electrons. The maximum Gasteiger partial charge on any atom is 0.322 e. The molecule has 1 aliphatic rings. The van der Waals surface area contributed by atoms with Gasteiger partial charge in [0.15, 0.2) is 0 Å². The fraction of sp³-hybridized carbons (Fsp3) is 0.235. The second kappa shape index (κ2) is 7.76. The van der Waals surface area contributed by atoms with Gasteiger partial charge in [0.05, 0.1) is 23.2 Å². The second-order valence-electron chi connectivity index (χ2n) is 5.69. The number of rotatable bonds is 6. The number of urea groups is 1. The number of hydrogen-bond acceptors (Lipinski definition) is 4. The first-order valence-electron chi connectivity index (χ1n) is 7.86. The van der Waals surface area contributed by atoms with Crippen LogP contribution in [0.5, 0.6) is 0 Å². The second-order valence-corrected chi connectivity index (χ2v) is 7.08. The number of anilines is 1. The zero-order valence-corrected chi connectivity index (χ0v) is 15.1. The predicted octanol–water partition coefficient (Wildman–Crippen LogP) is 2.88. The highest BCUT2D eigenvalue weighted by atomic mass is 35.5. The Bertz CT molecular complexity index is 841. The molecule has 3 rings (SSSR count). The average Bonchev–Trinajstić information content (AvgIpc) is 3.26. The normalized spacial score (nSPS) is 14.8. The molecular weight excluding hydrogens is 378 g/mol. The Labute approximate surface area is 158 Å². The summed E-state index contributed by atoms with van der Waals surface area (Å²) >= 11 is 7.55. The number of nitrogens with one attached hydrogen (secondary N) is 2. The van der Waals surface area contributed by atoms with Crippen LogP contribution in [0.1, 0.15) is 27.7 Å². The molecular formula is C17H16ClN3O4S. The van der Waals surface area contributed by atoms with E-state index in [1.165, 1.54) is 22.3 Å². The van der Waals surface area contributed by atoms with Gasteiger partial charge in [-0.2, -0.15) is 0 Å². The Kier molecular flexibility index (Phi) is 5.43. The summed E-state index contributed by atoms with van der Waals surface area (Å²) in [6, 6.07) is 7.31. The van der Waals surface area contributed by atoms with Crippen LogP contribution < -0.4 is 15.5 Å². The van der Waals surface area contributed by atoms with Crippen LogP contribution in [0.15, 0.2) is 35.7 Å². The molecule has 2 heterocycles. The maximum absolute atomic E-state index is 12.6. The van der Waals surface area contributed by atoms with Crippen molar-refractivity contribution in [1.29, 1.82) is 0 Å². The van der Waals surface area contributed by atoms with E-state index in [1.807, 2.05) is 5.38 Å². The number of amides is 3. The van der Waals surface area contributed by atoms with Gasteiger partial charge in [0, 0.05) is 23.5 Å². The van der Waals surface area contributed by atoms with Gasteiger partial charge in [-0.05, 0) is 29.6 Å². The quantitative estimate of drug-likeness (QED) is 0.702. The molecule has 9 heteroatoms. The Morgan fingerprint density at radius 1 is 1.38 bits per heavy atom. The topological polar surface area (TPSA) is 98.7 Å². The van der Waals surface area contributed by atoms with E-state index in [0.717, 1.165) is 4.88 Å². The van der Waals surface area contributed by atoms with E-state index < -0.39 is 17.9 Å². The molecule has 1 aliphatic heterocycles. The number of carboxylic acids is 1. The Balaban J connectivity index is 1.82. The smallest absolute Gasteiger partial charge is 0.322 e. The van der Waals surface area contributed by atoms with Gasteiger partial charge in [-0.15, -0.1) is 11.3 Å². The van der Waals surface area contributed by atoms with E-state index in [-0.39, 0.29) is 12.5 Å². The van der Waals surface area contributed by atoms with Crippen molar-refractivity contribution in [2.75, 3.05) is 18.0 Å². The van der Waals surface area contributed by atoms with Crippen LogP contribution in [0, 0.1) is 0 Å². The number of benzene rings is 1. The third-order valence-electron chi connectivity index (χ3n) is 3.93. The van der Waals surface area contributed by atoms with Crippen molar-refractivity contribution in [3.8, 4) is 0 Å². The average molecular weight is 394 g/mol. The van der Waals surface area contributed by atoms with Gasteiger partial charge >= 0.3 is 12.0 Å². The summed E-state index contributed by atoms with van der Waals surface area (Å²) in [5.41, 5.74) is 0.747. The lowest BCUT2D eigenvalue weighted by Gasteiger charge is -2.19. The third-order valence-corrected chi connectivity index (χ3v) is 5.23. The van der Waals surface area contributed by atoms with Crippen molar-refractivity contribution >= 4 is 46.5 Å². The monoisotopic (exact) mass is 393 g/mol. The van der Waals surface area contributed by atoms with Gasteiger partial charge in [0.2, 0.25) is 0 Å². The van der Waals surface area contributed by atoms with Crippen LogP contribution in [0.4, 0.5) is 10.5 Å². The number of thiophene rings is 1. The van der Waals surface area contributed by atoms with Gasteiger partial charge in [-0.3, -0.25) is 14.5 Å². The van der Waals surface area contributed by atoms with Crippen molar-refractivity contribution in [2.24, 2.45) is 0 Å². The standard InChI is InChI=1S/C17H16ClN3O4S/c18-11-4-3-10(8-13(11)21-6-5-19-17(21)25)16(24)20-12(9-15(22)23)14-2-1-7-26-14/h1-4,7-8,12H,5-6,9H2,(H,19,25)(H,20,24)(H,22,23)/t12-/m1/s1. The maximum atomic E-state index is 12.6. The summed E-state index contributed by atoms with van der Waals surface area (Å²) in [6.07, 6.45) is -0.221. The molecule has 1 fully saturated rings. The van der Waals surface area contributed by atoms with Crippen LogP contribution in [0.25, 0.3) is 0 Å². The molecule has 1 aromatic carbocycles. The summed E-state index contributed by atoms with van der Waals surface area (Å²) in [6.45, 7) is 0.963. The Morgan fingerprint density at radius 3 is 2.81 bits per heavy atom. The third kappa shape index (κ3) is 3.97. The van der Waals surface area contributed by atoms with Gasteiger partial charge in [0.25, 0.3) is 5.91 Å². The molecule has 7 nitrogen and oxygen atoms in total. The molecule has 3 N–H and O–H groups in total. The zero-order chi connectivity index (χ0) is 18.7. The minimum atomic E-state index is -1.01. The van der Waals surface area contributed by atoms with E-state index in [4.69, 9.17) is 16.7 Å². The van der Waals surface area contributed by atoms with Crippen LogP contribution in [-0.4, -0.2) is 36.1 Å². The molecule has 0 spiro atoms. The molecule has 1 atom stereocenters. The van der Waals surface area contributed by atoms with Crippen LogP contribution in [0.2, 0.25) is 5.02 Å². The largest absolute Gasteiger partial charge is 0.481 e. The van der Waals surface area contributed by atoms with Gasteiger partial charge in [-0.1, -0.05) is 17.7 Å². The number of nitrogens with zero attached hydrogens (tertiary/aromatic N) is 1. The number of halogens is 1. The number of aliphatic carboxylic acids is 1. The number of carbonyl (C=O) groups excluding carboxylic acids is 2. The fourth-order valence-electron chi connectivity index (χ4n) is 2.69. The lowest BCUT2D eigenvalue weighted by molar-refractivity contribution is -0.137. The van der Waals surface area contributed by atoms with E-state index in [0.29, 0.717) is 29.4 Å². The molecule has 1 aromatic heterocycles. The van der Waals surface area contributed by atoms with Crippen molar-refractivity contribution in [3.05, 3.63) is 51.2 Å². The van der Waals surface area contributed by atoms with Crippen LogP contribution >= 0.6 is 22.9 Å². The molecule has 2 aromatic rings. The minimum Gasteiger partial charge on any atom is -0.481 e. The van der Waals surface area contributed by atoms with Crippen molar-refractivity contribution in [1.82, 2.24) is 10.6 Å². The summed E-state index contributed by atoms with van der Waals surface area (Å²) in [7, 11) is 0. The number of hydrogen-bond donors (Lipinski definition) is 3. The molecule has 1 saturated heterocycles. The summed E-state index contributed by atoms with van der Waals surface area (Å²) in [5, 5.41) is 16.7. The molecule has 0 unspecified atom stereocenters. The summed E-state index contributed by atoms with van der Waals surface area (Å²) in [4.78, 5) is 37.8. The van der Waals surface area contributed by atoms with Crippen molar-refractivity contribution < 1.29 is 19.5 Å². The first kappa shape index (κ1) is 18.2. The lowest BCUT2D eigenvalue weighted by atomic mass is 10.1. The van der Waals surface area contributed by atoms with E-state index >= 15 is 0 Å². The van der Waals surface area contributed by atoms with Gasteiger partial charge < -0.3 is 15.7 Å². The number of carboxylic acid groups (broad SMARTS) is 1.